The van der Waals surface area contributed by atoms with Gasteiger partial charge in [0.2, 0.25) is 0 Å². The third kappa shape index (κ3) is 6.30. The van der Waals surface area contributed by atoms with E-state index in [9.17, 15) is 0 Å². The Labute approximate surface area is 155 Å². The van der Waals surface area contributed by atoms with Gasteiger partial charge in [0.25, 0.3) is 0 Å². The van der Waals surface area contributed by atoms with E-state index in [2.05, 4.69) is 29.5 Å². The van der Waals surface area contributed by atoms with Crippen molar-refractivity contribution in [1.29, 1.82) is 0 Å². The molecule has 1 unspecified atom stereocenters. The summed E-state index contributed by atoms with van der Waals surface area (Å²) in [4.78, 5) is 4.60. The van der Waals surface area contributed by atoms with Crippen LogP contribution in [0.5, 0.6) is 0 Å². The normalized spacial score (nSPS) is 21.3. The highest BCUT2D eigenvalue weighted by Gasteiger charge is 2.29. The predicted octanol–water partition coefficient (Wildman–Crippen LogP) is 3.58. The third-order valence-electron chi connectivity index (χ3n) is 3.61. The van der Waals surface area contributed by atoms with Gasteiger partial charge in [0.15, 0.2) is 5.96 Å². The molecule has 124 valence electrons. The number of aliphatic imine (C=N–C) groups is 1. The lowest BCUT2D eigenvalue weighted by Crippen LogP contribution is -2.45. The first-order chi connectivity index (χ1) is 10.1. The van der Waals surface area contributed by atoms with Crippen molar-refractivity contribution in [3.63, 3.8) is 0 Å². The molecule has 2 rings (SSSR count). The number of nitrogens with zero attached hydrogens (tertiary/aromatic N) is 1. The fourth-order valence-electron chi connectivity index (χ4n) is 2.35. The molecule has 1 saturated heterocycles. The number of hydrogen-bond donors (Lipinski definition) is 2. The van der Waals surface area contributed by atoms with Crippen molar-refractivity contribution in [2.45, 2.75) is 38.8 Å². The Bertz CT molecular complexity index is 473. The zero-order valence-corrected chi connectivity index (χ0v) is 16.3. The highest BCUT2D eigenvalue weighted by molar-refractivity contribution is 14.0. The van der Waals surface area contributed by atoms with Crippen LogP contribution in [0.15, 0.2) is 29.3 Å². The molecule has 0 aromatic heterocycles. The summed E-state index contributed by atoms with van der Waals surface area (Å²) in [7, 11) is 0. The Morgan fingerprint density at radius 3 is 2.64 bits per heavy atom. The number of halogens is 2. The lowest BCUT2D eigenvalue weighted by molar-refractivity contribution is 0.0243. The van der Waals surface area contributed by atoms with Crippen LogP contribution in [-0.4, -0.2) is 31.3 Å². The van der Waals surface area contributed by atoms with Crippen LogP contribution in [0.1, 0.15) is 32.3 Å². The summed E-state index contributed by atoms with van der Waals surface area (Å²) in [6, 6.07) is 7.77. The SMILES string of the molecule is CCNC(=NCc1ccc(Cl)cc1)NCC1(C)CCCO1.I. The molecule has 4 nitrogen and oxygen atoms in total. The van der Waals surface area contributed by atoms with E-state index in [0.717, 1.165) is 49.1 Å². The number of ether oxygens (including phenoxy) is 1. The van der Waals surface area contributed by atoms with Crippen LogP contribution in [0.2, 0.25) is 5.02 Å². The van der Waals surface area contributed by atoms with E-state index in [1.807, 2.05) is 24.3 Å². The van der Waals surface area contributed by atoms with Crippen LogP contribution < -0.4 is 10.6 Å². The molecule has 1 aromatic rings. The topological polar surface area (TPSA) is 45.7 Å². The molecule has 1 atom stereocenters. The molecule has 0 amide bonds. The Hall–Kier alpha value is -0.530. The van der Waals surface area contributed by atoms with Gasteiger partial charge < -0.3 is 15.4 Å². The van der Waals surface area contributed by atoms with E-state index < -0.39 is 0 Å². The largest absolute Gasteiger partial charge is 0.373 e. The van der Waals surface area contributed by atoms with E-state index in [-0.39, 0.29) is 29.6 Å². The molecule has 6 heteroatoms. The monoisotopic (exact) mass is 437 g/mol. The van der Waals surface area contributed by atoms with Gasteiger partial charge in [-0.05, 0) is 44.4 Å². The van der Waals surface area contributed by atoms with Crippen molar-refractivity contribution in [2.75, 3.05) is 19.7 Å². The summed E-state index contributed by atoms with van der Waals surface area (Å²) in [5.41, 5.74) is 1.07. The molecular weight excluding hydrogens is 413 g/mol. The quantitative estimate of drug-likeness (QED) is 0.420. The van der Waals surface area contributed by atoms with Crippen molar-refractivity contribution in [1.82, 2.24) is 10.6 Å². The van der Waals surface area contributed by atoms with Crippen molar-refractivity contribution in [3.05, 3.63) is 34.9 Å². The molecular formula is C16H25ClIN3O. The minimum Gasteiger partial charge on any atom is -0.373 e. The first-order valence-electron chi connectivity index (χ1n) is 7.52. The van der Waals surface area contributed by atoms with Crippen LogP contribution in [-0.2, 0) is 11.3 Å². The van der Waals surface area contributed by atoms with Gasteiger partial charge in [-0.1, -0.05) is 23.7 Å². The zero-order valence-electron chi connectivity index (χ0n) is 13.2. The number of guanidine groups is 1. The maximum atomic E-state index is 5.89. The smallest absolute Gasteiger partial charge is 0.191 e. The minimum absolute atomic E-state index is 0. The molecule has 0 bridgehead atoms. The summed E-state index contributed by atoms with van der Waals surface area (Å²) in [6.45, 7) is 7.31. The third-order valence-corrected chi connectivity index (χ3v) is 3.86. The van der Waals surface area contributed by atoms with E-state index in [1.54, 1.807) is 0 Å². The standard InChI is InChI=1S/C16H24ClN3O.HI/c1-3-18-15(20-12-16(2)9-4-10-21-16)19-11-13-5-7-14(17)8-6-13;/h5-8H,3-4,9-12H2,1-2H3,(H2,18,19,20);1H. The molecule has 1 aliphatic heterocycles. The van der Waals surface area contributed by atoms with Gasteiger partial charge in [-0.25, -0.2) is 4.99 Å². The van der Waals surface area contributed by atoms with Gasteiger partial charge in [-0.15, -0.1) is 24.0 Å². The molecule has 0 saturated carbocycles. The first-order valence-corrected chi connectivity index (χ1v) is 7.90. The maximum Gasteiger partial charge on any atom is 0.191 e. The second-order valence-electron chi connectivity index (χ2n) is 5.58. The molecule has 1 aromatic carbocycles. The second kappa shape index (κ2) is 9.57. The van der Waals surface area contributed by atoms with Crippen LogP contribution in [0, 0.1) is 0 Å². The highest BCUT2D eigenvalue weighted by atomic mass is 127. The van der Waals surface area contributed by atoms with Gasteiger partial charge in [-0.3, -0.25) is 0 Å². The molecule has 1 heterocycles. The second-order valence-corrected chi connectivity index (χ2v) is 6.01. The Morgan fingerprint density at radius 1 is 1.32 bits per heavy atom. The number of rotatable bonds is 5. The average molecular weight is 438 g/mol. The number of hydrogen-bond acceptors (Lipinski definition) is 2. The van der Waals surface area contributed by atoms with Crippen molar-refractivity contribution >= 4 is 41.5 Å². The fourth-order valence-corrected chi connectivity index (χ4v) is 2.47. The van der Waals surface area contributed by atoms with Crippen LogP contribution in [0.3, 0.4) is 0 Å². The van der Waals surface area contributed by atoms with Gasteiger partial charge in [0.05, 0.1) is 12.1 Å². The molecule has 0 aliphatic carbocycles. The van der Waals surface area contributed by atoms with Gasteiger partial charge in [-0.2, -0.15) is 0 Å². The van der Waals surface area contributed by atoms with E-state index in [4.69, 9.17) is 16.3 Å². The van der Waals surface area contributed by atoms with Gasteiger partial charge >= 0.3 is 0 Å². The summed E-state index contributed by atoms with van der Waals surface area (Å²) in [5.74, 6) is 0.823. The van der Waals surface area contributed by atoms with E-state index in [0.29, 0.717) is 6.54 Å². The molecule has 2 N–H and O–H groups in total. The van der Waals surface area contributed by atoms with Crippen LogP contribution >= 0.6 is 35.6 Å². The fraction of sp³-hybridized carbons (Fsp3) is 0.562. The summed E-state index contributed by atoms with van der Waals surface area (Å²) >= 11 is 5.89. The van der Waals surface area contributed by atoms with E-state index >= 15 is 0 Å². The highest BCUT2D eigenvalue weighted by Crippen LogP contribution is 2.23. The molecule has 1 fully saturated rings. The van der Waals surface area contributed by atoms with Gasteiger partial charge in [0.1, 0.15) is 0 Å². The Balaban J connectivity index is 0.00000242. The van der Waals surface area contributed by atoms with Gasteiger partial charge in [0, 0.05) is 24.7 Å². The van der Waals surface area contributed by atoms with E-state index in [1.165, 1.54) is 0 Å². The van der Waals surface area contributed by atoms with Crippen LogP contribution in [0.4, 0.5) is 0 Å². The molecule has 1 aliphatic rings. The molecule has 0 spiro atoms. The average Bonchev–Trinajstić information content (AvgIpc) is 2.91. The minimum atomic E-state index is -0.0730. The predicted molar refractivity (Wildman–Crippen MR) is 103 cm³/mol. The number of benzene rings is 1. The van der Waals surface area contributed by atoms with Crippen molar-refractivity contribution in [3.8, 4) is 0 Å². The maximum absolute atomic E-state index is 5.89. The van der Waals surface area contributed by atoms with Crippen molar-refractivity contribution in [2.24, 2.45) is 4.99 Å². The Kier molecular flexibility index (Phi) is 8.49. The zero-order chi connectivity index (χ0) is 15.1. The lowest BCUT2D eigenvalue weighted by Gasteiger charge is -2.24. The van der Waals surface area contributed by atoms with Crippen LogP contribution in [0.25, 0.3) is 0 Å². The number of nitrogens with one attached hydrogen (secondary N) is 2. The summed E-state index contributed by atoms with van der Waals surface area (Å²) < 4.78 is 5.78. The summed E-state index contributed by atoms with van der Waals surface area (Å²) in [5, 5.41) is 7.38. The first kappa shape index (κ1) is 19.5. The molecule has 0 radical (unpaired) electrons. The summed E-state index contributed by atoms with van der Waals surface area (Å²) in [6.07, 6.45) is 2.23. The Morgan fingerprint density at radius 2 is 2.05 bits per heavy atom. The van der Waals surface area contributed by atoms with Crippen molar-refractivity contribution < 1.29 is 4.74 Å². The molecule has 22 heavy (non-hydrogen) atoms. The lowest BCUT2D eigenvalue weighted by atomic mass is 10.0.